The maximum atomic E-state index is 12.2. The number of hydrogen-bond donors (Lipinski definition) is 2. The van der Waals surface area contributed by atoms with Crippen LogP contribution in [0.4, 0.5) is 5.69 Å². The fourth-order valence-corrected chi connectivity index (χ4v) is 2.87. The maximum Gasteiger partial charge on any atom is 0.320 e. The highest BCUT2D eigenvalue weighted by atomic mass is 35.5. The molecule has 0 saturated carbocycles. The zero-order valence-corrected chi connectivity index (χ0v) is 13.3. The Hall–Kier alpha value is -2.52. The number of rotatable bonds is 5. The number of aliphatic carboxylic acids is 1. The van der Waals surface area contributed by atoms with Crippen LogP contribution < -0.4 is 5.32 Å². The number of tetrazole rings is 1. The van der Waals surface area contributed by atoms with E-state index in [1.165, 1.54) is 11.0 Å². The van der Waals surface area contributed by atoms with Gasteiger partial charge in [0.1, 0.15) is 12.4 Å². The summed E-state index contributed by atoms with van der Waals surface area (Å²) in [5.74, 6) is -1.22. The predicted molar refractivity (Wildman–Crippen MR) is 85.0 cm³/mol. The van der Waals surface area contributed by atoms with Gasteiger partial charge in [-0.3, -0.25) is 14.5 Å². The minimum absolute atomic E-state index is 0.00239. The van der Waals surface area contributed by atoms with Crippen molar-refractivity contribution in [2.45, 2.75) is 18.9 Å². The topological polar surface area (TPSA) is 113 Å². The summed E-state index contributed by atoms with van der Waals surface area (Å²) in [5.41, 5.74) is 1.06. The van der Waals surface area contributed by atoms with E-state index >= 15 is 0 Å². The van der Waals surface area contributed by atoms with Gasteiger partial charge in [-0.1, -0.05) is 11.6 Å². The molecule has 0 unspecified atom stereocenters. The van der Waals surface area contributed by atoms with E-state index in [0.29, 0.717) is 29.4 Å². The molecule has 1 aromatic carbocycles. The quantitative estimate of drug-likeness (QED) is 0.820. The number of carboxylic acid groups (broad SMARTS) is 1. The second-order valence-electron chi connectivity index (χ2n) is 5.43. The molecule has 1 saturated heterocycles. The normalized spacial score (nSPS) is 17.8. The largest absolute Gasteiger partial charge is 0.480 e. The van der Waals surface area contributed by atoms with Crippen LogP contribution in [-0.4, -0.2) is 61.2 Å². The van der Waals surface area contributed by atoms with Crippen molar-refractivity contribution in [3.05, 3.63) is 29.5 Å². The summed E-state index contributed by atoms with van der Waals surface area (Å²) >= 11 is 6.11. The molecule has 0 radical (unpaired) electrons. The molecule has 1 aliphatic heterocycles. The molecular formula is C14H15ClN6O3. The number of aromatic nitrogens is 4. The first-order chi connectivity index (χ1) is 11.5. The monoisotopic (exact) mass is 350 g/mol. The predicted octanol–water partition coefficient (Wildman–Crippen LogP) is 0.803. The number of carbonyl (C=O) groups excluding carboxylic acids is 1. The van der Waals surface area contributed by atoms with Crippen LogP contribution in [0.3, 0.4) is 0 Å². The van der Waals surface area contributed by atoms with Crippen LogP contribution in [0.1, 0.15) is 12.8 Å². The molecule has 2 heterocycles. The molecule has 24 heavy (non-hydrogen) atoms. The van der Waals surface area contributed by atoms with Gasteiger partial charge in [0.15, 0.2) is 0 Å². The highest BCUT2D eigenvalue weighted by molar-refractivity contribution is 6.33. The number of carbonyl (C=O) groups is 2. The van der Waals surface area contributed by atoms with E-state index in [1.54, 1.807) is 23.1 Å². The van der Waals surface area contributed by atoms with Gasteiger partial charge in [-0.15, -0.1) is 5.10 Å². The van der Waals surface area contributed by atoms with Crippen LogP contribution in [0, 0.1) is 0 Å². The maximum absolute atomic E-state index is 12.2. The lowest BCUT2D eigenvalue weighted by molar-refractivity contribution is -0.142. The van der Waals surface area contributed by atoms with Crippen LogP contribution in [0.15, 0.2) is 24.5 Å². The number of nitrogens with zero attached hydrogens (tertiary/aromatic N) is 5. The number of hydrogen-bond acceptors (Lipinski definition) is 6. The number of amides is 1. The summed E-state index contributed by atoms with van der Waals surface area (Å²) in [6.45, 7) is 0.588. The molecule has 0 aliphatic carbocycles. The van der Waals surface area contributed by atoms with Gasteiger partial charge in [-0.05, 0) is 48.0 Å². The van der Waals surface area contributed by atoms with E-state index in [9.17, 15) is 9.59 Å². The Morgan fingerprint density at radius 1 is 1.42 bits per heavy atom. The van der Waals surface area contributed by atoms with Gasteiger partial charge in [0, 0.05) is 0 Å². The van der Waals surface area contributed by atoms with E-state index in [-0.39, 0.29) is 12.5 Å². The highest BCUT2D eigenvalue weighted by Crippen LogP contribution is 2.25. The van der Waals surface area contributed by atoms with E-state index in [1.807, 2.05) is 0 Å². The molecule has 126 valence electrons. The molecule has 3 rings (SSSR count). The average Bonchev–Trinajstić information content (AvgIpc) is 3.20. The van der Waals surface area contributed by atoms with Gasteiger partial charge >= 0.3 is 5.97 Å². The SMILES string of the molecule is O=C(CN1CCC[C@H]1C(=O)O)Nc1cc(-n2cnnn2)ccc1Cl. The zero-order chi connectivity index (χ0) is 17.1. The Kier molecular flexibility index (Phi) is 4.72. The van der Waals surface area contributed by atoms with Gasteiger partial charge in [0.25, 0.3) is 0 Å². The van der Waals surface area contributed by atoms with Crippen molar-refractivity contribution in [3.63, 3.8) is 0 Å². The molecule has 2 N–H and O–H groups in total. The summed E-state index contributed by atoms with van der Waals surface area (Å²) in [6, 6.07) is 4.38. The summed E-state index contributed by atoms with van der Waals surface area (Å²) < 4.78 is 1.44. The van der Waals surface area contributed by atoms with Crippen molar-refractivity contribution in [1.82, 2.24) is 25.1 Å². The summed E-state index contributed by atoms with van der Waals surface area (Å²) in [6.07, 6.45) is 2.74. The molecule has 1 aromatic heterocycles. The third-order valence-electron chi connectivity index (χ3n) is 3.83. The first kappa shape index (κ1) is 16.3. The van der Waals surface area contributed by atoms with Gasteiger partial charge in [0.2, 0.25) is 5.91 Å². The molecule has 1 atom stereocenters. The molecule has 1 fully saturated rings. The Balaban J connectivity index is 1.70. The molecule has 0 bridgehead atoms. The van der Waals surface area contributed by atoms with Crippen molar-refractivity contribution in [1.29, 1.82) is 0 Å². The lowest BCUT2D eigenvalue weighted by Gasteiger charge is -2.20. The number of benzene rings is 1. The van der Waals surface area contributed by atoms with E-state index in [2.05, 4.69) is 20.8 Å². The van der Waals surface area contributed by atoms with Gasteiger partial charge in [0.05, 0.1) is 22.9 Å². The van der Waals surface area contributed by atoms with E-state index in [0.717, 1.165) is 6.42 Å². The summed E-state index contributed by atoms with van der Waals surface area (Å²) in [4.78, 5) is 25.1. The van der Waals surface area contributed by atoms with Gasteiger partial charge in [-0.2, -0.15) is 0 Å². The van der Waals surface area contributed by atoms with Gasteiger partial charge < -0.3 is 10.4 Å². The number of anilines is 1. The average molecular weight is 351 g/mol. The van der Waals surface area contributed by atoms with Crippen LogP contribution in [-0.2, 0) is 9.59 Å². The van der Waals surface area contributed by atoms with Crippen molar-refractivity contribution >= 4 is 29.2 Å². The number of nitrogens with one attached hydrogen (secondary N) is 1. The standard InChI is InChI=1S/C14H15ClN6O3/c15-10-4-3-9(21-8-16-18-19-21)6-11(10)17-13(22)7-20-5-1-2-12(20)14(23)24/h3-4,6,8,12H,1-2,5,7H2,(H,17,22)(H,23,24)/t12-/m0/s1. The molecule has 1 amide bonds. The molecule has 10 heteroatoms. The van der Waals surface area contributed by atoms with Crippen molar-refractivity contribution in [2.75, 3.05) is 18.4 Å². The number of halogens is 1. The number of likely N-dealkylation sites (tertiary alicyclic amines) is 1. The molecule has 1 aliphatic rings. The Labute approximate surface area is 142 Å². The van der Waals surface area contributed by atoms with Crippen molar-refractivity contribution in [2.24, 2.45) is 0 Å². The van der Waals surface area contributed by atoms with Gasteiger partial charge in [-0.25, -0.2) is 4.68 Å². The molecule has 2 aromatic rings. The number of carboxylic acids is 1. The van der Waals surface area contributed by atoms with E-state index in [4.69, 9.17) is 16.7 Å². The van der Waals surface area contributed by atoms with Crippen LogP contribution >= 0.6 is 11.6 Å². The minimum Gasteiger partial charge on any atom is -0.480 e. The minimum atomic E-state index is -0.904. The fourth-order valence-electron chi connectivity index (χ4n) is 2.70. The first-order valence-corrected chi connectivity index (χ1v) is 7.72. The van der Waals surface area contributed by atoms with Crippen molar-refractivity contribution < 1.29 is 14.7 Å². The third kappa shape index (κ3) is 3.52. The molecule has 0 spiro atoms. The van der Waals surface area contributed by atoms with Crippen LogP contribution in [0.2, 0.25) is 5.02 Å². The Bertz CT molecular complexity index is 751. The second kappa shape index (κ2) is 6.93. The summed E-state index contributed by atoms with van der Waals surface area (Å²) in [5, 5.41) is 23.1. The first-order valence-electron chi connectivity index (χ1n) is 7.34. The van der Waals surface area contributed by atoms with Crippen LogP contribution in [0.25, 0.3) is 5.69 Å². The second-order valence-corrected chi connectivity index (χ2v) is 5.84. The summed E-state index contributed by atoms with van der Waals surface area (Å²) in [7, 11) is 0. The molecular weight excluding hydrogens is 336 g/mol. The Morgan fingerprint density at radius 3 is 2.96 bits per heavy atom. The molecule has 9 nitrogen and oxygen atoms in total. The zero-order valence-electron chi connectivity index (χ0n) is 12.6. The van der Waals surface area contributed by atoms with Crippen molar-refractivity contribution in [3.8, 4) is 5.69 Å². The van der Waals surface area contributed by atoms with Crippen LogP contribution in [0.5, 0.6) is 0 Å². The third-order valence-corrected chi connectivity index (χ3v) is 4.16. The lowest BCUT2D eigenvalue weighted by atomic mass is 10.2. The Morgan fingerprint density at radius 2 is 2.25 bits per heavy atom. The highest BCUT2D eigenvalue weighted by Gasteiger charge is 2.31. The van der Waals surface area contributed by atoms with E-state index < -0.39 is 12.0 Å². The smallest absolute Gasteiger partial charge is 0.320 e. The fraction of sp³-hybridized carbons (Fsp3) is 0.357. The lowest BCUT2D eigenvalue weighted by Crippen LogP contribution is -2.40.